The summed E-state index contributed by atoms with van der Waals surface area (Å²) < 4.78 is 10.3. The van der Waals surface area contributed by atoms with Gasteiger partial charge in [-0.25, -0.2) is 4.79 Å². The first kappa shape index (κ1) is 16.5. The highest BCUT2D eigenvalue weighted by Gasteiger charge is 2.11. The minimum atomic E-state index is -0.416. The minimum absolute atomic E-state index is 0.0734. The molecule has 5 nitrogen and oxygen atoms in total. The minimum Gasteiger partial charge on any atom is -0.445 e. The van der Waals surface area contributed by atoms with Crippen LogP contribution < -0.4 is 10.6 Å². The number of amides is 1. The van der Waals surface area contributed by atoms with Crippen LogP contribution in [0, 0.1) is 0 Å². The highest BCUT2D eigenvalue weighted by Crippen LogP contribution is 2.00. The molecule has 1 amide bonds. The fourth-order valence-corrected chi connectivity index (χ4v) is 1.82. The Morgan fingerprint density at radius 1 is 1.25 bits per heavy atom. The Hall–Kier alpha value is -1.59. The summed E-state index contributed by atoms with van der Waals surface area (Å²) in [6.07, 6.45) is -0.416. The molecule has 0 saturated carbocycles. The molecule has 0 bridgehead atoms. The second-order valence-electron chi connectivity index (χ2n) is 4.92. The molecule has 0 heterocycles. The Balaban J connectivity index is 2.27. The van der Waals surface area contributed by atoms with Crippen molar-refractivity contribution in [1.82, 2.24) is 10.6 Å². The van der Waals surface area contributed by atoms with Gasteiger partial charge in [-0.3, -0.25) is 0 Å². The lowest BCUT2D eigenvalue weighted by Gasteiger charge is -2.20. The molecule has 0 fully saturated rings. The van der Waals surface area contributed by atoms with Gasteiger partial charge in [-0.05, 0) is 5.56 Å². The average Bonchev–Trinajstić information content (AvgIpc) is 2.43. The highest BCUT2D eigenvalue weighted by molar-refractivity contribution is 5.67. The molecule has 5 heteroatoms. The van der Waals surface area contributed by atoms with E-state index in [4.69, 9.17) is 9.47 Å². The predicted molar refractivity (Wildman–Crippen MR) is 78.6 cm³/mol. The van der Waals surface area contributed by atoms with E-state index < -0.39 is 6.09 Å². The molecule has 0 spiro atoms. The van der Waals surface area contributed by atoms with Crippen LogP contribution in [0.15, 0.2) is 30.3 Å². The van der Waals surface area contributed by atoms with Gasteiger partial charge in [-0.15, -0.1) is 0 Å². The van der Waals surface area contributed by atoms with Gasteiger partial charge in [0, 0.05) is 25.7 Å². The van der Waals surface area contributed by atoms with Crippen LogP contribution in [-0.2, 0) is 16.1 Å². The van der Waals surface area contributed by atoms with Gasteiger partial charge in [0.25, 0.3) is 0 Å². The van der Waals surface area contributed by atoms with Crippen LogP contribution in [0.1, 0.15) is 19.4 Å². The first-order valence-corrected chi connectivity index (χ1v) is 6.81. The van der Waals surface area contributed by atoms with E-state index in [-0.39, 0.29) is 12.6 Å². The lowest BCUT2D eigenvalue weighted by molar-refractivity contribution is 0.131. The lowest BCUT2D eigenvalue weighted by Crippen LogP contribution is -2.46. The largest absolute Gasteiger partial charge is 0.445 e. The van der Waals surface area contributed by atoms with Crippen molar-refractivity contribution in [2.45, 2.75) is 32.5 Å². The molecule has 112 valence electrons. The Morgan fingerprint density at radius 2 is 1.95 bits per heavy atom. The van der Waals surface area contributed by atoms with Crippen LogP contribution in [0.5, 0.6) is 0 Å². The zero-order chi connectivity index (χ0) is 14.8. The van der Waals surface area contributed by atoms with E-state index in [1.54, 1.807) is 7.11 Å². The summed E-state index contributed by atoms with van der Waals surface area (Å²) >= 11 is 0. The fourth-order valence-electron chi connectivity index (χ4n) is 1.82. The van der Waals surface area contributed by atoms with E-state index in [0.29, 0.717) is 19.2 Å². The molecular formula is C15H24N2O3. The van der Waals surface area contributed by atoms with Crippen LogP contribution in [0.4, 0.5) is 4.79 Å². The van der Waals surface area contributed by atoms with Crippen molar-refractivity contribution in [3.05, 3.63) is 35.9 Å². The van der Waals surface area contributed by atoms with Gasteiger partial charge in [-0.2, -0.15) is 0 Å². The molecule has 20 heavy (non-hydrogen) atoms. The van der Waals surface area contributed by atoms with Crippen molar-refractivity contribution in [3.8, 4) is 0 Å². The molecule has 0 aliphatic heterocycles. The Bertz CT molecular complexity index is 382. The van der Waals surface area contributed by atoms with Gasteiger partial charge in [0.15, 0.2) is 0 Å². The third-order valence-corrected chi connectivity index (χ3v) is 2.64. The van der Waals surface area contributed by atoms with Crippen LogP contribution in [0.3, 0.4) is 0 Å². The number of methoxy groups -OCH3 is 1. The van der Waals surface area contributed by atoms with Crippen LogP contribution in [0.25, 0.3) is 0 Å². The second kappa shape index (κ2) is 9.34. The number of carbonyl (C=O) groups is 1. The molecule has 1 aromatic rings. The van der Waals surface area contributed by atoms with E-state index in [9.17, 15) is 4.79 Å². The van der Waals surface area contributed by atoms with Gasteiger partial charge >= 0.3 is 6.09 Å². The molecule has 1 rings (SSSR count). The van der Waals surface area contributed by atoms with E-state index in [1.165, 1.54) is 0 Å². The second-order valence-corrected chi connectivity index (χ2v) is 4.92. The van der Waals surface area contributed by atoms with E-state index in [0.717, 1.165) is 5.56 Å². The molecule has 0 saturated heterocycles. The smallest absolute Gasteiger partial charge is 0.407 e. The summed E-state index contributed by atoms with van der Waals surface area (Å²) in [7, 11) is 1.64. The van der Waals surface area contributed by atoms with Crippen LogP contribution in [-0.4, -0.2) is 38.4 Å². The van der Waals surface area contributed by atoms with Crippen LogP contribution in [0.2, 0.25) is 0 Å². The van der Waals surface area contributed by atoms with Crippen molar-refractivity contribution >= 4 is 6.09 Å². The maximum Gasteiger partial charge on any atom is 0.407 e. The average molecular weight is 280 g/mol. The summed E-state index contributed by atoms with van der Waals surface area (Å²) in [5, 5.41) is 6.05. The zero-order valence-corrected chi connectivity index (χ0v) is 12.4. The molecule has 1 unspecified atom stereocenters. The summed E-state index contributed by atoms with van der Waals surface area (Å²) in [5.41, 5.74) is 0.969. The molecule has 0 aliphatic carbocycles. The maximum absolute atomic E-state index is 11.6. The Labute approximate surface area is 120 Å². The number of alkyl carbamates (subject to hydrolysis) is 1. The quantitative estimate of drug-likeness (QED) is 0.764. The molecule has 0 radical (unpaired) electrons. The van der Waals surface area contributed by atoms with Gasteiger partial charge in [-0.1, -0.05) is 44.2 Å². The predicted octanol–water partition coefficient (Wildman–Crippen LogP) is 1.93. The lowest BCUT2D eigenvalue weighted by atomic mass is 10.2. The van der Waals surface area contributed by atoms with Crippen molar-refractivity contribution in [1.29, 1.82) is 0 Å². The highest BCUT2D eigenvalue weighted by atomic mass is 16.5. The van der Waals surface area contributed by atoms with Gasteiger partial charge in [0.05, 0.1) is 6.61 Å². The molecule has 0 aromatic heterocycles. The number of hydrogen-bond acceptors (Lipinski definition) is 4. The fraction of sp³-hybridized carbons (Fsp3) is 0.533. The number of rotatable bonds is 8. The SMILES string of the molecule is COCC(CNC(=O)OCc1ccccc1)NC(C)C. The van der Waals surface area contributed by atoms with Crippen molar-refractivity contribution in [2.24, 2.45) is 0 Å². The normalized spacial score (nSPS) is 12.2. The number of ether oxygens (including phenoxy) is 2. The summed E-state index contributed by atoms with van der Waals surface area (Å²) in [5.74, 6) is 0. The van der Waals surface area contributed by atoms with E-state index >= 15 is 0 Å². The first-order valence-electron chi connectivity index (χ1n) is 6.81. The monoisotopic (exact) mass is 280 g/mol. The number of hydrogen-bond donors (Lipinski definition) is 2. The van der Waals surface area contributed by atoms with Gasteiger partial charge < -0.3 is 20.1 Å². The summed E-state index contributed by atoms with van der Waals surface area (Å²) in [4.78, 5) is 11.6. The van der Waals surface area contributed by atoms with Gasteiger partial charge in [0.1, 0.15) is 6.61 Å². The zero-order valence-electron chi connectivity index (χ0n) is 12.4. The van der Waals surface area contributed by atoms with Crippen molar-refractivity contribution in [2.75, 3.05) is 20.3 Å². The first-order chi connectivity index (χ1) is 9.61. The molecule has 1 atom stereocenters. The van der Waals surface area contributed by atoms with E-state index in [2.05, 4.69) is 24.5 Å². The molecule has 2 N–H and O–H groups in total. The Morgan fingerprint density at radius 3 is 2.55 bits per heavy atom. The molecule has 0 aliphatic rings. The van der Waals surface area contributed by atoms with Crippen molar-refractivity contribution < 1.29 is 14.3 Å². The molecule has 1 aromatic carbocycles. The van der Waals surface area contributed by atoms with Gasteiger partial charge in [0.2, 0.25) is 0 Å². The number of nitrogens with one attached hydrogen (secondary N) is 2. The van der Waals surface area contributed by atoms with Crippen molar-refractivity contribution in [3.63, 3.8) is 0 Å². The summed E-state index contributed by atoms with van der Waals surface area (Å²) in [6.45, 7) is 5.39. The third kappa shape index (κ3) is 7.11. The third-order valence-electron chi connectivity index (χ3n) is 2.64. The molecular weight excluding hydrogens is 256 g/mol. The number of benzene rings is 1. The standard InChI is InChI=1S/C15H24N2O3/c1-12(2)17-14(11-19-3)9-16-15(18)20-10-13-7-5-4-6-8-13/h4-8,12,14,17H,9-11H2,1-3H3,(H,16,18). The van der Waals surface area contributed by atoms with E-state index in [1.807, 2.05) is 30.3 Å². The van der Waals surface area contributed by atoms with Crippen LogP contribution >= 0.6 is 0 Å². The maximum atomic E-state index is 11.6. The summed E-state index contributed by atoms with van der Waals surface area (Å²) in [6, 6.07) is 10.00. The number of carbonyl (C=O) groups excluding carboxylic acids is 1. The Kier molecular flexibility index (Phi) is 7.69. The topological polar surface area (TPSA) is 59.6 Å².